The summed E-state index contributed by atoms with van der Waals surface area (Å²) < 4.78 is 5.83. The highest BCUT2D eigenvalue weighted by molar-refractivity contribution is 5.59. The summed E-state index contributed by atoms with van der Waals surface area (Å²) in [4.78, 5) is 23.6. The van der Waals surface area contributed by atoms with Crippen LogP contribution < -0.4 is 0 Å². The van der Waals surface area contributed by atoms with Crippen LogP contribution in [0.25, 0.3) is 0 Å². The molecule has 0 fully saturated rings. The maximum absolute atomic E-state index is 12.6. The van der Waals surface area contributed by atoms with E-state index >= 15 is 0 Å². The Morgan fingerprint density at radius 2 is 1.03 bits per heavy atom. The van der Waals surface area contributed by atoms with Crippen LogP contribution in [0, 0.1) is 11.8 Å². The molecule has 186 valence electrons. The molecule has 0 aromatic carbocycles. The van der Waals surface area contributed by atoms with E-state index in [9.17, 15) is 4.79 Å². The molecule has 0 radical (unpaired) electrons. The molecule has 4 atom stereocenters. The second-order valence-corrected chi connectivity index (χ2v) is 9.24. The van der Waals surface area contributed by atoms with Gasteiger partial charge in [0.05, 0.1) is 0 Å². The van der Waals surface area contributed by atoms with Gasteiger partial charge in [-0.05, 0) is 50.4 Å². The molecule has 0 heterocycles. The summed E-state index contributed by atoms with van der Waals surface area (Å²) in [7, 11) is 0. The summed E-state index contributed by atoms with van der Waals surface area (Å²) in [6.07, 6.45) is 17.0. The van der Waals surface area contributed by atoms with Gasteiger partial charge in [-0.25, -0.2) is 4.79 Å². The van der Waals surface area contributed by atoms with Crippen LogP contribution in [0.3, 0.4) is 0 Å². The van der Waals surface area contributed by atoms with Gasteiger partial charge in [0.1, 0.15) is 12.2 Å². The molecule has 4 heteroatoms. The number of hydrogen-bond acceptors (Lipinski definition) is 4. The van der Waals surface area contributed by atoms with Crippen LogP contribution in [-0.4, -0.2) is 18.4 Å². The highest BCUT2D eigenvalue weighted by Crippen LogP contribution is 2.26. The van der Waals surface area contributed by atoms with Gasteiger partial charge < -0.3 is 4.74 Å². The number of carbonyl (C=O) groups is 1. The van der Waals surface area contributed by atoms with Crippen molar-refractivity contribution in [2.45, 2.75) is 156 Å². The van der Waals surface area contributed by atoms with Gasteiger partial charge in [-0.2, -0.15) is 4.89 Å². The van der Waals surface area contributed by atoms with Crippen molar-refractivity contribution in [2.24, 2.45) is 11.8 Å². The molecule has 0 N–H and O–H groups in total. The molecular weight excluding hydrogens is 388 g/mol. The molecule has 31 heavy (non-hydrogen) atoms. The Balaban J connectivity index is 4.91. The van der Waals surface area contributed by atoms with Crippen molar-refractivity contribution in [2.75, 3.05) is 0 Å². The van der Waals surface area contributed by atoms with E-state index in [4.69, 9.17) is 14.5 Å². The largest absolute Gasteiger partial charge is 0.540 e. The second-order valence-electron chi connectivity index (χ2n) is 9.24. The highest BCUT2D eigenvalue weighted by Gasteiger charge is 2.27. The zero-order valence-electron chi connectivity index (χ0n) is 21.8. The molecule has 0 aromatic rings. The molecule has 0 saturated heterocycles. The highest BCUT2D eigenvalue weighted by atomic mass is 17.2. The summed E-state index contributed by atoms with van der Waals surface area (Å²) >= 11 is 0. The van der Waals surface area contributed by atoms with Crippen LogP contribution in [0.1, 0.15) is 144 Å². The first-order chi connectivity index (χ1) is 15.1. The Morgan fingerprint density at radius 1 is 0.581 bits per heavy atom. The zero-order chi connectivity index (χ0) is 23.3. The quantitative estimate of drug-likeness (QED) is 0.0768. The summed E-state index contributed by atoms with van der Waals surface area (Å²) in [5, 5.41) is 0. The average Bonchev–Trinajstić information content (AvgIpc) is 2.77. The molecule has 4 nitrogen and oxygen atoms in total. The third-order valence-electron chi connectivity index (χ3n) is 6.63. The monoisotopic (exact) mass is 442 g/mol. The van der Waals surface area contributed by atoms with Crippen LogP contribution in [0.5, 0.6) is 0 Å². The third-order valence-corrected chi connectivity index (χ3v) is 6.63. The van der Waals surface area contributed by atoms with Crippen LogP contribution in [-0.2, 0) is 14.5 Å². The lowest BCUT2D eigenvalue weighted by atomic mass is 9.90. The van der Waals surface area contributed by atoms with Gasteiger partial charge in [0.15, 0.2) is 0 Å². The Bertz CT molecular complexity index is 399. The molecule has 0 amide bonds. The van der Waals surface area contributed by atoms with Crippen LogP contribution in [0.15, 0.2) is 0 Å². The predicted octanol–water partition coefficient (Wildman–Crippen LogP) is 9.40. The first kappa shape index (κ1) is 30.2. The Kier molecular flexibility index (Phi) is 20.6. The van der Waals surface area contributed by atoms with Crippen LogP contribution in [0.4, 0.5) is 4.79 Å². The van der Waals surface area contributed by atoms with E-state index in [0.717, 1.165) is 51.4 Å². The number of carbonyl (C=O) groups excluding carboxylic acids is 1. The van der Waals surface area contributed by atoms with E-state index in [1.54, 1.807) is 0 Å². The average molecular weight is 443 g/mol. The lowest BCUT2D eigenvalue weighted by Crippen LogP contribution is -2.30. The smallest absolute Gasteiger partial charge is 0.429 e. The van der Waals surface area contributed by atoms with E-state index < -0.39 is 6.16 Å². The van der Waals surface area contributed by atoms with Gasteiger partial charge in [-0.1, -0.05) is 106 Å². The van der Waals surface area contributed by atoms with Crippen molar-refractivity contribution in [3.05, 3.63) is 0 Å². The minimum atomic E-state index is -0.651. The van der Waals surface area contributed by atoms with E-state index in [2.05, 4.69) is 41.5 Å². The van der Waals surface area contributed by atoms with Crippen molar-refractivity contribution < 1.29 is 19.3 Å². The number of hydrogen-bond donors (Lipinski definition) is 0. The lowest BCUT2D eigenvalue weighted by Gasteiger charge is -2.27. The first-order valence-electron chi connectivity index (χ1n) is 13.6. The van der Waals surface area contributed by atoms with Gasteiger partial charge in [0.2, 0.25) is 0 Å². The Hall–Kier alpha value is -0.770. The number of unbranched alkanes of at least 4 members (excludes halogenated alkanes) is 6. The zero-order valence-corrected chi connectivity index (χ0v) is 21.8. The summed E-state index contributed by atoms with van der Waals surface area (Å²) in [5.74, 6) is 0.829. The van der Waals surface area contributed by atoms with Crippen molar-refractivity contribution in [3.8, 4) is 0 Å². The molecule has 0 rings (SSSR count). The number of rotatable bonds is 21. The van der Waals surface area contributed by atoms with Crippen molar-refractivity contribution >= 4 is 6.16 Å². The lowest BCUT2D eigenvalue weighted by molar-refractivity contribution is -0.301. The third kappa shape index (κ3) is 14.8. The van der Waals surface area contributed by atoms with E-state index in [1.807, 2.05) is 0 Å². The maximum Gasteiger partial charge on any atom is 0.540 e. The van der Waals surface area contributed by atoms with Crippen molar-refractivity contribution in [1.29, 1.82) is 0 Å². The van der Waals surface area contributed by atoms with Gasteiger partial charge in [0, 0.05) is 0 Å². The second kappa shape index (κ2) is 21.1. The fourth-order valence-corrected chi connectivity index (χ4v) is 4.43. The van der Waals surface area contributed by atoms with E-state index in [1.165, 1.54) is 51.4 Å². The van der Waals surface area contributed by atoms with Gasteiger partial charge >= 0.3 is 6.16 Å². The van der Waals surface area contributed by atoms with E-state index in [0.29, 0.717) is 11.8 Å². The molecule has 0 aliphatic carbocycles. The molecule has 0 saturated carbocycles. The SMILES string of the molecule is CCCCCC(OOC(=O)OC(CCCCC)C(CC)CCCC)C(CC)CCCC. The predicted molar refractivity (Wildman–Crippen MR) is 131 cm³/mol. The molecule has 0 aromatic heterocycles. The Labute approximate surface area is 194 Å². The fourth-order valence-electron chi connectivity index (χ4n) is 4.43. The normalized spacial score (nSPS) is 15.3. The molecule has 4 unspecified atom stereocenters. The van der Waals surface area contributed by atoms with Gasteiger partial charge in [-0.3, -0.25) is 4.89 Å². The summed E-state index contributed by atoms with van der Waals surface area (Å²) in [5.41, 5.74) is 0. The molecule has 0 spiro atoms. The molecule has 0 aliphatic heterocycles. The van der Waals surface area contributed by atoms with Crippen molar-refractivity contribution in [3.63, 3.8) is 0 Å². The van der Waals surface area contributed by atoms with Gasteiger partial charge in [0.25, 0.3) is 0 Å². The fraction of sp³-hybridized carbons (Fsp3) is 0.963. The van der Waals surface area contributed by atoms with Gasteiger partial charge in [-0.15, -0.1) is 0 Å². The van der Waals surface area contributed by atoms with E-state index in [-0.39, 0.29) is 12.2 Å². The summed E-state index contributed by atoms with van der Waals surface area (Å²) in [6, 6.07) is 0. The van der Waals surface area contributed by atoms with Crippen LogP contribution in [0.2, 0.25) is 0 Å². The minimum Gasteiger partial charge on any atom is -0.429 e. The summed E-state index contributed by atoms with van der Waals surface area (Å²) in [6.45, 7) is 13.2. The van der Waals surface area contributed by atoms with Crippen LogP contribution >= 0.6 is 0 Å². The molecule has 0 aliphatic rings. The minimum absolute atomic E-state index is 0.0312. The first-order valence-corrected chi connectivity index (χ1v) is 13.6. The Morgan fingerprint density at radius 3 is 1.48 bits per heavy atom. The van der Waals surface area contributed by atoms with Crippen molar-refractivity contribution in [1.82, 2.24) is 0 Å². The number of ether oxygens (including phenoxy) is 1. The topological polar surface area (TPSA) is 44.8 Å². The molecular formula is C27H54O4. The maximum atomic E-state index is 12.6. The standard InChI is InChI=1S/C27H54O4/c1-7-13-17-21-25(23(11-5)19-15-9-3)29-27(28)31-30-26(22-18-14-8-2)24(12-6)20-16-10-4/h23-26H,7-22H2,1-6H3. The molecule has 0 bridgehead atoms.